The van der Waals surface area contributed by atoms with Gasteiger partial charge in [0.15, 0.2) is 0 Å². The van der Waals surface area contributed by atoms with Gasteiger partial charge >= 0.3 is 5.97 Å². The summed E-state index contributed by atoms with van der Waals surface area (Å²) in [7, 11) is 1.45. The lowest BCUT2D eigenvalue weighted by Crippen LogP contribution is -2.05. The highest BCUT2D eigenvalue weighted by Gasteiger charge is 2.19. The average molecular weight is 301 g/mol. The number of rotatable bonds is 5. The van der Waals surface area contributed by atoms with E-state index in [0.717, 1.165) is 0 Å². The SMILES string of the molecule is CCOC(=O)c1ccc(-c2ccccc2[N+](=O)[O-])c(OC)c1. The van der Waals surface area contributed by atoms with Gasteiger partial charge in [0.05, 0.1) is 29.8 Å². The van der Waals surface area contributed by atoms with Gasteiger partial charge in [-0.3, -0.25) is 10.1 Å². The Labute approximate surface area is 127 Å². The highest BCUT2D eigenvalue weighted by atomic mass is 16.6. The highest BCUT2D eigenvalue weighted by molar-refractivity contribution is 5.92. The van der Waals surface area contributed by atoms with E-state index in [1.165, 1.54) is 19.2 Å². The Kier molecular flexibility index (Phi) is 4.73. The predicted molar refractivity (Wildman–Crippen MR) is 81.0 cm³/mol. The molecule has 0 amide bonds. The van der Waals surface area contributed by atoms with E-state index in [9.17, 15) is 14.9 Å². The molecule has 0 aliphatic heterocycles. The molecular formula is C16H15NO5. The fraction of sp³-hybridized carbons (Fsp3) is 0.188. The maximum absolute atomic E-state index is 11.7. The maximum Gasteiger partial charge on any atom is 0.338 e. The van der Waals surface area contributed by atoms with Gasteiger partial charge in [-0.15, -0.1) is 0 Å². The third kappa shape index (κ3) is 3.06. The van der Waals surface area contributed by atoms with E-state index in [4.69, 9.17) is 9.47 Å². The number of nitrogens with zero attached hydrogens (tertiary/aromatic N) is 1. The van der Waals surface area contributed by atoms with Crippen LogP contribution in [0.4, 0.5) is 5.69 Å². The Morgan fingerprint density at radius 3 is 2.55 bits per heavy atom. The third-order valence-electron chi connectivity index (χ3n) is 3.10. The molecule has 0 atom stereocenters. The fourth-order valence-electron chi connectivity index (χ4n) is 2.12. The van der Waals surface area contributed by atoms with Gasteiger partial charge in [0.1, 0.15) is 5.75 Å². The lowest BCUT2D eigenvalue weighted by Gasteiger charge is -2.11. The van der Waals surface area contributed by atoms with Gasteiger partial charge in [0.25, 0.3) is 5.69 Å². The molecular weight excluding hydrogens is 286 g/mol. The summed E-state index contributed by atoms with van der Waals surface area (Å²) < 4.78 is 10.2. The summed E-state index contributed by atoms with van der Waals surface area (Å²) in [4.78, 5) is 22.4. The van der Waals surface area contributed by atoms with E-state index in [-0.39, 0.29) is 12.3 Å². The summed E-state index contributed by atoms with van der Waals surface area (Å²) in [5, 5.41) is 11.1. The van der Waals surface area contributed by atoms with Crippen molar-refractivity contribution in [1.29, 1.82) is 0 Å². The van der Waals surface area contributed by atoms with Gasteiger partial charge in [0, 0.05) is 11.6 Å². The van der Waals surface area contributed by atoms with Crippen molar-refractivity contribution in [3.63, 3.8) is 0 Å². The van der Waals surface area contributed by atoms with E-state index in [0.29, 0.717) is 22.4 Å². The van der Waals surface area contributed by atoms with Crippen LogP contribution in [0.25, 0.3) is 11.1 Å². The number of benzene rings is 2. The lowest BCUT2D eigenvalue weighted by atomic mass is 10.0. The van der Waals surface area contributed by atoms with Crippen molar-refractivity contribution >= 4 is 11.7 Å². The normalized spacial score (nSPS) is 10.1. The first-order chi connectivity index (χ1) is 10.6. The van der Waals surface area contributed by atoms with Crippen LogP contribution < -0.4 is 4.74 Å². The number of nitro groups is 1. The Morgan fingerprint density at radius 1 is 1.18 bits per heavy atom. The fourth-order valence-corrected chi connectivity index (χ4v) is 2.12. The molecule has 2 aromatic carbocycles. The minimum Gasteiger partial charge on any atom is -0.496 e. The van der Waals surface area contributed by atoms with Crippen LogP contribution >= 0.6 is 0 Å². The molecule has 6 heteroatoms. The molecule has 114 valence electrons. The van der Waals surface area contributed by atoms with Crippen LogP contribution in [0.15, 0.2) is 42.5 Å². The minimum atomic E-state index is -0.463. The maximum atomic E-state index is 11.7. The summed E-state index contributed by atoms with van der Waals surface area (Å²) in [6.07, 6.45) is 0. The number of ether oxygens (including phenoxy) is 2. The number of methoxy groups -OCH3 is 1. The molecule has 2 rings (SSSR count). The zero-order valence-corrected chi connectivity index (χ0v) is 12.2. The second kappa shape index (κ2) is 6.71. The molecule has 0 aromatic heterocycles. The minimum absolute atomic E-state index is 0.0234. The lowest BCUT2D eigenvalue weighted by molar-refractivity contribution is -0.384. The van der Waals surface area contributed by atoms with Crippen molar-refractivity contribution in [1.82, 2.24) is 0 Å². The topological polar surface area (TPSA) is 78.7 Å². The van der Waals surface area contributed by atoms with Gasteiger partial charge in [-0.1, -0.05) is 12.1 Å². The molecule has 6 nitrogen and oxygen atoms in total. The van der Waals surface area contributed by atoms with Gasteiger partial charge in [-0.2, -0.15) is 0 Å². The number of hydrogen-bond donors (Lipinski definition) is 0. The van der Waals surface area contributed by atoms with E-state index in [2.05, 4.69) is 0 Å². The Balaban J connectivity index is 2.53. The summed E-state index contributed by atoms with van der Waals surface area (Å²) >= 11 is 0. The summed E-state index contributed by atoms with van der Waals surface area (Å²) in [5.74, 6) is -0.0882. The number of esters is 1. The summed E-state index contributed by atoms with van der Waals surface area (Å²) in [5.41, 5.74) is 1.29. The average Bonchev–Trinajstić information content (AvgIpc) is 2.54. The van der Waals surface area contributed by atoms with E-state index < -0.39 is 10.9 Å². The molecule has 0 spiro atoms. The Bertz CT molecular complexity index is 711. The predicted octanol–water partition coefficient (Wildman–Crippen LogP) is 3.45. The van der Waals surface area contributed by atoms with Crippen molar-refractivity contribution in [3.8, 4) is 16.9 Å². The molecule has 0 N–H and O–H groups in total. The molecule has 0 heterocycles. The highest BCUT2D eigenvalue weighted by Crippen LogP contribution is 2.36. The van der Waals surface area contributed by atoms with Crippen LogP contribution in [-0.4, -0.2) is 24.6 Å². The zero-order chi connectivity index (χ0) is 16.1. The first-order valence-corrected chi connectivity index (χ1v) is 6.67. The van der Waals surface area contributed by atoms with Gasteiger partial charge in [0.2, 0.25) is 0 Å². The Hall–Kier alpha value is -2.89. The van der Waals surface area contributed by atoms with E-state index in [1.54, 1.807) is 37.3 Å². The molecule has 0 fully saturated rings. The molecule has 0 aliphatic carbocycles. The van der Waals surface area contributed by atoms with Crippen molar-refractivity contribution in [2.75, 3.05) is 13.7 Å². The van der Waals surface area contributed by atoms with Crippen molar-refractivity contribution in [3.05, 3.63) is 58.1 Å². The monoisotopic (exact) mass is 301 g/mol. The van der Waals surface area contributed by atoms with Crippen LogP contribution in [0.5, 0.6) is 5.75 Å². The second-order valence-corrected chi connectivity index (χ2v) is 4.41. The van der Waals surface area contributed by atoms with E-state index >= 15 is 0 Å². The molecule has 0 radical (unpaired) electrons. The number of nitro benzene ring substituents is 1. The van der Waals surface area contributed by atoms with Crippen molar-refractivity contribution < 1.29 is 19.2 Å². The third-order valence-corrected chi connectivity index (χ3v) is 3.10. The van der Waals surface area contributed by atoms with Gasteiger partial charge < -0.3 is 9.47 Å². The first-order valence-electron chi connectivity index (χ1n) is 6.67. The molecule has 0 bridgehead atoms. The quantitative estimate of drug-likeness (QED) is 0.480. The number of para-hydroxylation sites is 1. The molecule has 0 aliphatic rings. The van der Waals surface area contributed by atoms with Crippen molar-refractivity contribution in [2.24, 2.45) is 0 Å². The van der Waals surface area contributed by atoms with E-state index in [1.807, 2.05) is 0 Å². The van der Waals surface area contributed by atoms with Gasteiger partial charge in [-0.25, -0.2) is 4.79 Å². The smallest absolute Gasteiger partial charge is 0.338 e. The number of hydrogen-bond acceptors (Lipinski definition) is 5. The largest absolute Gasteiger partial charge is 0.496 e. The molecule has 22 heavy (non-hydrogen) atoms. The standard InChI is InChI=1S/C16H15NO5/c1-3-22-16(18)11-8-9-13(15(10-11)21-2)12-6-4-5-7-14(12)17(19)20/h4-10H,3H2,1-2H3. The Morgan fingerprint density at radius 2 is 1.91 bits per heavy atom. The van der Waals surface area contributed by atoms with Crippen LogP contribution in [-0.2, 0) is 4.74 Å². The molecule has 0 unspecified atom stereocenters. The molecule has 0 saturated carbocycles. The zero-order valence-electron chi connectivity index (χ0n) is 12.2. The summed E-state index contributed by atoms with van der Waals surface area (Å²) in [6, 6.07) is 11.1. The van der Waals surface area contributed by atoms with Crippen LogP contribution in [0.3, 0.4) is 0 Å². The second-order valence-electron chi connectivity index (χ2n) is 4.41. The summed E-state index contributed by atoms with van der Waals surface area (Å²) in [6.45, 7) is 1.99. The van der Waals surface area contributed by atoms with Crippen LogP contribution in [0, 0.1) is 10.1 Å². The molecule has 2 aromatic rings. The first kappa shape index (κ1) is 15.5. The van der Waals surface area contributed by atoms with Crippen LogP contribution in [0.2, 0.25) is 0 Å². The number of carbonyl (C=O) groups excluding carboxylic acids is 1. The van der Waals surface area contributed by atoms with Crippen LogP contribution in [0.1, 0.15) is 17.3 Å². The number of carbonyl (C=O) groups is 1. The van der Waals surface area contributed by atoms with Crippen molar-refractivity contribution in [2.45, 2.75) is 6.92 Å². The molecule has 0 saturated heterocycles. The van der Waals surface area contributed by atoms with Gasteiger partial charge in [-0.05, 0) is 31.2 Å².